The fraction of sp³-hybridized carbons (Fsp3) is 0.375. The average Bonchev–Trinajstić information content (AvgIpc) is 2.67. The van der Waals surface area contributed by atoms with Gasteiger partial charge in [-0.2, -0.15) is 0 Å². The number of carbonyl (C=O) groups excluding carboxylic acids is 3. The van der Waals surface area contributed by atoms with Gasteiger partial charge >= 0.3 is 5.97 Å². The molecule has 0 aromatic rings. The lowest BCUT2D eigenvalue weighted by Gasteiger charge is -2.32. The zero-order chi connectivity index (χ0) is 22.9. The molecule has 1 heterocycles. The molecule has 0 fully saturated rings. The molecule has 0 radical (unpaired) electrons. The molecule has 1 N–H and O–H groups in total. The fourth-order valence-electron chi connectivity index (χ4n) is 2.80. The molecule has 0 aromatic heterocycles. The van der Waals surface area contributed by atoms with Gasteiger partial charge in [-0.25, -0.2) is 0 Å². The number of aliphatic hydroxyl groups is 1. The van der Waals surface area contributed by atoms with Crippen molar-refractivity contribution in [2.75, 3.05) is 0 Å². The number of carbonyl (C=O) groups is 3. The van der Waals surface area contributed by atoms with Crippen molar-refractivity contribution < 1.29 is 29.0 Å². The van der Waals surface area contributed by atoms with Gasteiger partial charge in [0.25, 0.3) is 0 Å². The van der Waals surface area contributed by atoms with E-state index in [4.69, 9.17) is 9.47 Å². The van der Waals surface area contributed by atoms with Crippen LogP contribution in [0.5, 0.6) is 0 Å². The monoisotopic (exact) mass is 414 g/mol. The third-order valence-electron chi connectivity index (χ3n) is 4.19. The van der Waals surface area contributed by atoms with Gasteiger partial charge in [-0.3, -0.25) is 14.4 Å². The molecule has 2 rings (SSSR count). The molecule has 6 nitrogen and oxygen atoms in total. The predicted octanol–water partition coefficient (Wildman–Crippen LogP) is 4.04. The minimum Gasteiger partial charge on any atom is -0.461 e. The maximum Gasteiger partial charge on any atom is 0.309 e. The maximum absolute atomic E-state index is 13.0. The van der Waals surface area contributed by atoms with E-state index in [9.17, 15) is 19.5 Å². The van der Waals surface area contributed by atoms with Crippen LogP contribution in [0, 0.1) is 0 Å². The molecule has 0 saturated heterocycles. The summed E-state index contributed by atoms with van der Waals surface area (Å²) < 4.78 is 10.8. The van der Waals surface area contributed by atoms with Crippen LogP contribution in [-0.2, 0) is 23.9 Å². The van der Waals surface area contributed by atoms with Crippen LogP contribution < -0.4 is 0 Å². The second-order valence-corrected chi connectivity index (χ2v) is 6.70. The van der Waals surface area contributed by atoms with E-state index in [2.05, 4.69) is 0 Å². The molecule has 162 valence electrons. The summed E-state index contributed by atoms with van der Waals surface area (Å²) in [5.74, 6) is -1.29. The van der Waals surface area contributed by atoms with Crippen molar-refractivity contribution in [3.63, 3.8) is 0 Å². The first kappa shape index (κ1) is 25.0. The number of ketones is 2. The number of hydrogen-bond acceptors (Lipinski definition) is 6. The minimum atomic E-state index is -1.97. The van der Waals surface area contributed by atoms with Crippen molar-refractivity contribution in [3.05, 3.63) is 71.3 Å². The topological polar surface area (TPSA) is 89.9 Å². The molecule has 0 saturated carbocycles. The Labute approximate surface area is 177 Å². The van der Waals surface area contributed by atoms with Gasteiger partial charge in [-0.1, -0.05) is 44.2 Å². The molecule has 6 heteroatoms. The van der Waals surface area contributed by atoms with Gasteiger partial charge in [0.05, 0.1) is 18.1 Å². The Bertz CT molecular complexity index is 864. The first-order chi connectivity index (χ1) is 14.2. The van der Waals surface area contributed by atoms with Crippen molar-refractivity contribution in [2.45, 2.75) is 59.7 Å². The highest BCUT2D eigenvalue weighted by molar-refractivity contribution is 6.26. The summed E-state index contributed by atoms with van der Waals surface area (Å²) in [6.07, 6.45) is 12.6. The van der Waals surface area contributed by atoms with Crippen LogP contribution in [0.4, 0.5) is 0 Å². The largest absolute Gasteiger partial charge is 0.461 e. The van der Waals surface area contributed by atoms with E-state index >= 15 is 0 Å². The molecule has 2 unspecified atom stereocenters. The molecule has 0 bridgehead atoms. The number of aliphatic hydroxyl groups excluding tert-OH is 1. The van der Waals surface area contributed by atoms with Gasteiger partial charge in [0.15, 0.2) is 0 Å². The van der Waals surface area contributed by atoms with Gasteiger partial charge < -0.3 is 14.6 Å². The molecule has 30 heavy (non-hydrogen) atoms. The number of ether oxygens (including phenoxy) is 2. The van der Waals surface area contributed by atoms with Crippen LogP contribution in [0.3, 0.4) is 0 Å². The number of rotatable bonds is 6. The van der Waals surface area contributed by atoms with Crippen LogP contribution in [0.15, 0.2) is 71.3 Å². The number of allylic oxidation sites excluding steroid dienone is 9. The van der Waals surface area contributed by atoms with E-state index in [0.29, 0.717) is 17.1 Å². The number of fused-ring (bicyclic) bond motifs is 1. The van der Waals surface area contributed by atoms with E-state index < -0.39 is 29.2 Å². The average molecular weight is 414 g/mol. The number of esters is 1. The van der Waals surface area contributed by atoms with Crippen molar-refractivity contribution in [3.8, 4) is 0 Å². The van der Waals surface area contributed by atoms with Crippen LogP contribution >= 0.6 is 0 Å². The first-order valence-electron chi connectivity index (χ1n) is 9.96. The Morgan fingerprint density at radius 3 is 2.43 bits per heavy atom. The Kier molecular flexibility index (Phi) is 9.40. The zero-order valence-corrected chi connectivity index (χ0v) is 18.4. The molecule has 0 amide bonds. The first-order valence-corrected chi connectivity index (χ1v) is 9.96. The third-order valence-corrected chi connectivity index (χ3v) is 4.19. The lowest BCUT2D eigenvalue weighted by Crippen LogP contribution is -2.51. The smallest absolute Gasteiger partial charge is 0.309 e. The van der Waals surface area contributed by atoms with Crippen LogP contribution in [-0.4, -0.2) is 34.3 Å². The quantitative estimate of drug-likeness (QED) is 0.401. The summed E-state index contributed by atoms with van der Waals surface area (Å²) in [7, 11) is 0. The molecule has 2 aliphatic rings. The Morgan fingerprint density at radius 2 is 1.83 bits per heavy atom. The molecular formula is C24H30O6. The Balaban J connectivity index is 0.00000218. The van der Waals surface area contributed by atoms with E-state index in [1.54, 1.807) is 25.2 Å². The lowest BCUT2D eigenvalue weighted by atomic mass is 9.79. The Morgan fingerprint density at radius 1 is 1.20 bits per heavy atom. The van der Waals surface area contributed by atoms with Gasteiger partial charge in [-0.05, 0) is 51.5 Å². The third kappa shape index (κ3) is 6.00. The highest BCUT2D eigenvalue weighted by Gasteiger charge is 2.50. The van der Waals surface area contributed by atoms with Gasteiger partial charge in [-0.15, -0.1) is 0 Å². The molecule has 0 spiro atoms. The summed E-state index contributed by atoms with van der Waals surface area (Å²) in [4.78, 5) is 37.5. The molecule has 1 aliphatic carbocycles. The van der Waals surface area contributed by atoms with E-state index in [1.807, 2.05) is 45.1 Å². The van der Waals surface area contributed by atoms with E-state index in [1.165, 1.54) is 19.9 Å². The summed E-state index contributed by atoms with van der Waals surface area (Å²) in [6, 6.07) is 0. The zero-order valence-electron chi connectivity index (χ0n) is 18.4. The van der Waals surface area contributed by atoms with E-state index in [-0.39, 0.29) is 12.0 Å². The summed E-state index contributed by atoms with van der Waals surface area (Å²) in [5, 5.41) is 9.31. The van der Waals surface area contributed by atoms with Gasteiger partial charge in [0.1, 0.15) is 11.5 Å². The second kappa shape index (κ2) is 11.3. The summed E-state index contributed by atoms with van der Waals surface area (Å²) in [5.41, 5.74) is -1.35. The summed E-state index contributed by atoms with van der Waals surface area (Å²) in [6.45, 7) is 10.2. The number of Topliss-reactive ketones (excluding diaryl/α,β-unsaturated/α-hetero) is 1. The number of hydrogen-bond donors (Lipinski definition) is 1. The summed E-state index contributed by atoms with van der Waals surface area (Å²) >= 11 is 0. The van der Waals surface area contributed by atoms with Crippen LogP contribution in [0.25, 0.3) is 0 Å². The van der Waals surface area contributed by atoms with Crippen LogP contribution in [0.2, 0.25) is 0 Å². The predicted molar refractivity (Wildman–Crippen MR) is 115 cm³/mol. The van der Waals surface area contributed by atoms with Crippen molar-refractivity contribution in [2.24, 2.45) is 0 Å². The minimum absolute atomic E-state index is 0.202. The lowest BCUT2D eigenvalue weighted by molar-refractivity contribution is -0.170. The highest BCUT2D eigenvalue weighted by Crippen LogP contribution is 2.36. The molecule has 2 atom stereocenters. The standard InChI is InChI=1S/C22H24O6.C2H6/c1-5-6-7-8-9-10-17-12-16-13-18(24)22(4,28-19(25)11-14(2)23)21(26)20(16)15(3)27-17;1-2/h5-10,12-14,23H,11H2,1-4H3;1-2H3/b6-5+,8-7+,10-9+;. The SMILES string of the molecule is C/C=C/C=C/C=C/C1=CC2=CC(=O)C(C)(OC(=O)CC(C)O)C(=O)C2=C(C)O1.CC. The molecular weight excluding hydrogens is 384 g/mol. The normalized spacial score (nSPS) is 22.4. The molecule has 1 aliphatic heterocycles. The van der Waals surface area contributed by atoms with Gasteiger partial charge in [0, 0.05) is 0 Å². The van der Waals surface area contributed by atoms with Crippen LogP contribution in [0.1, 0.15) is 48.0 Å². The fourth-order valence-corrected chi connectivity index (χ4v) is 2.80. The van der Waals surface area contributed by atoms with Crippen molar-refractivity contribution >= 4 is 17.5 Å². The van der Waals surface area contributed by atoms with Gasteiger partial charge in [0.2, 0.25) is 17.2 Å². The van der Waals surface area contributed by atoms with E-state index in [0.717, 1.165) is 0 Å². The maximum atomic E-state index is 13.0. The molecule has 0 aromatic carbocycles. The van der Waals surface area contributed by atoms with Crippen molar-refractivity contribution in [1.29, 1.82) is 0 Å². The Hall–Kier alpha value is -2.99. The highest BCUT2D eigenvalue weighted by atomic mass is 16.6. The second-order valence-electron chi connectivity index (χ2n) is 6.70. The van der Waals surface area contributed by atoms with Crippen molar-refractivity contribution in [1.82, 2.24) is 0 Å².